The predicted octanol–water partition coefficient (Wildman–Crippen LogP) is 2.71. The molecule has 0 spiro atoms. The van der Waals surface area contributed by atoms with Gasteiger partial charge in [0.05, 0.1) is 33.5 Å². The maximum atomic E-state index is 11.4. The van der Waals surface area contributed by atoms with Crippen molar-refractivity contribution in [1.29, 1.82) is 0 Å². The van der Waals surface area contributed by atoms with Crippen molar-refractivity contribution in [3.05, 3.63) is 34.8 Å². The van der Waals surface area contributed by atoms with Crippen molar-refractivity contribution in [3.63, 3.8) is 0 Å². The van der Waals surface area contributed by atoms with Gasteiger partial charge in [-0.1, -0.05) is 11.3 Å². The van der Waals surface area contributed by atoms with E-state index in [-0.39, 0.29) is 12.4 Å². The minimum absolute atomic E-state index is 0.215. The monoisotopic (exact) mass is 349 g/mol. The quantitative estimate of drug-likeness (QED) is 0.448. The highest BCUT2D eigenvalue weighted by molar-refractivity contribution is 7.15. The zero-order valence-corrected chi connectivity index (χ0v) is 14.6. The Morgan fingerprint density at radius 2 is 2.12 bits per heavy atom. The molecular formula is C16H19N3O4S. The zero-order chi connectivity index (χ0) is 17.4. The van der Waals surface area contributed by atoms with E-state index in [0.29, 0.717) is 23.2 Å². The number of anilines is 1. The number of carbonyl (C=O) groups excluding carboxylic acids is 1. The van der Waals surface area contributed by atoms with Gasteiger partial charge in [0.2, 0.25) is 5.13 Å². The Morgan fingerprint density at radius 3 is 2.83 bits per heavy atom. The molecule has 0 fully saturated rings. The van der Waals surface area contributed by atoms with Gasteiger partial charge in [0.15, 0.2) is 11.5 Å². The number of hydrazone groups is 1. The lowest BCUT2D eigenvalue weighted by Crippen LogP contribution is -2.06. The Labute approximate surface area is 144 Å². The summed E-state index contributed by atoms with van der Waals surface area (Å²) in [7, 11) is 3.17. The third-order valence-corrected chi connectivity index (χ3v) is 3.86. The SMILES string of the molecule is CCOC(=O)Cc1cnc(N/N=C/c2ccc(OC)c(OC)c2)s1. The van der Waals surface area contributed by atoms with E-state index in [0.717, 1.165) is 10.4 Å². The van der Waals surface area contributed by atoms with Crippen LogP contribution in [0.3, 0.4) is 0 Å². The summed E-state index contributed by atoms with van der Waals surface area (Å²) in [5.74, 6) is 1.03. The number of hydrogen-bond donors (Lipinski definition) is 1. The molecule has 128 valence electrons. The maximum Gasteiger partial charge on any atom is 0.311 e. The topological polar surface area (TPSA) is 82.0 Å². The Hall–Kier alpha value is -2.61. The van der Waals surface area contributed by atoms with Crippen LogP contribution in [0.4, 0.5) is 5.13 Å². The fourth-order valence-corrected chi connectivity index (χ4v) is 2.64. The van der Waals surface area contributed by atoms with E-state index in [1.165, 1.54) is 11.3 Å². The van der Waals surface area contributed by atoms with Crippen molar-refractivity contribution >= 4 is 28.7 Å². The summed E-state index contributed by atoms with van der Waals surface area (Å²) < 4.78 is 15.3. The second-order valence-electron chi connectivity index (χ2n) is 4.60. The van der Waals surface area contributed by atoms with Crippen LogP contribution < -0.4 is 14.9 Å². The number of nitrogens with zero attached hydrogens (tertiary/aromatic N) is 2. The average molecular weight is 349 g/mol. The number of thiazole rings is 1. The normalized spacial score (nSPS) is 10.6. The van der Waals surface area contributed by atoms with Crippen LogP contribution in [0.15, 0.2) is 29.5 Å². The number of hydrogen-bond acceptors (Lipinski definition) is 8. The fourth-order valence-electron chi connectivity index (χ4n) is 1.89. The van der Waals surface area contributed by atoms with Gasteiger partial charge in [-0.25, -0.2) is 4.98 Å². The molecule has 0 aliphatic carbocycles. The highest BCUT2D eigenvalue weighted by Crippen LogP contribution is 2.27. The molecule has 0 amide bonds. The number of ether oxygens (including phenoxy) is 3. The van der Waals surface area contributed by atoms with Gasteiger partial charge in [-0.05, 0) is 30.7 Å². The van der Waals surface area contributed by atoms with Crippen molar-refractivity contribution < 1.29 is 19.0 Å². The van der Waals surface area contributed by atoms with Gasteiger partial charge in [-0.15, -0.1) is 0 Å². The lowest BCUT2D eigenvalue weighted by Gasteiger charge is -2.07. The van der Waals surface area contributed by atoms with E-state index < -0.39 is 0 Å². The molecule has 1 heterocycles. The number of rotatable bonds is 8. The van der Waals surface area contributed by atoms with Crippen LogP contribution in [0.25, 0.3) is 0 Å². The number of esters is 1. The first-order valence-electron chi connectivity index (χ1n) is 7.27. The number of nitrogens with one attached hydrogen (secondary N) is 1. The lowest BCUT2D eigenvalue weighted by molar-refractivity contribution is -0.142. The maximum absolute atomic E-state index is 11.4. The summed E-state index contributed by atoms with van der Waals surface area (Å²) in [6, 6.07) is 5.49. The molecule has 0 saturated carbocycles. The Kier molecular flexibility index (Phi) is 6.56. The first kappa shape index (κ1) is 17.7. The number of carbonyl (C=O) groups is 1. The van der Waals surface area contributed by atoms with Crippen LogP contribution in [0.1, 0.15) is 17.4 Å². The highest BCUT2D eigenvalue weighted by atomic mass is 32.1. The number of aromatic nitrogens is 1. The minimum atomic E-state index is -0.262. The molecule has 1 N–H and O–H groups in total. The van der Waals surface area contributed by atoms with Crippen molar-refractivity contribution in [2.75, 3.05) is 26.3 Å². The largest absolute Gasteiger partial charge is 0.493 e. The third kappa shape index (κ3) is 4.95. The van der Waals surface area contributed by atoms with E-state index in [1.54, 1.807) is 39.6 Å². The van der Waals surface area contributed by atoms with Crippen LogP contribution in [0.5, 0.6) is 11.5 Å². The molecule has 0 atom stereocenters. The Balaban J connectivity index is 1.94. The summed E-state index contributed by atoms with van der Waals surface area (Å²) in [6.07, 6.45) is 3.50. The van der Waals surface area contributed by atoms with E-state index in [4.69, 9.17) is 14.2 Å². The van der Waals surface area contributed by atoms with Gasteiger partial charge in [0.25, 0.3) is 0 Å². The van der Waals surface area contributed by atoms with Gasteiger partial charge in [-0.2, -0.15) is 5.10 Å². The first-order chi connectivity index (χ1) is 11.7. The average Bonchev–Trinajstić information content (AvgIpc) is 3.02. The summed E-state index contributed by atoms with van der Waals surface area (Å²) in [5.41, 5.74) is 3.69. The van der Waals surface area contributed by atoms with Gasteiger partial charge in [-0.3, -0.25) is 10.2 Å². The molecule has 0 unspecified atom stereocenters. The van der Waals surface area contributed by atoms with Crippen LogP contribution in [0.2, 0.25) is 0 Å². The zero-order valence-electron chi connectivity index (χ0n) is 13.7. The van der Waals surface area contributed by atoms with Gasteiger partial charge in [0, 0.05) is 11.1 Å². The highest BCUT2D eigenvalue weighted by Gasteiger charge is 2.08. The van der Waals surface area contributed by atoms with Gasteiger partial charge >= 0.3 is 5.97 Å². The number of methoxy groups -OCH3 is 2. The molecule has 0 aliphatic heterocycles. The van der Waals surface area contributed by atoms with Crippen molar-refractivity contribution in [2.45, 2.75) is 13.3 Å². The molecule has 0 aliphatic rings. The summed E-state index contributed by atoms with van der Waals surface area (Å²) in [5, 5.41) is 4.73. The second-order valence-corrected chi connectivity index (χ2v) is 5.71. The summed E-state index contributed by atoms with van der Waals surface area (Å²) in [6.45, 7) is 2.15. The molecule has 1 aromatic carbocycles. The molecule has 0 saturated heterocycles. The van der Waals surface area contributed by atoms with E-state index in [2.05, 4.69) is 15.5 Å². The van der Waals surface area contributed by atoms with E-state index >= 15 is 0 Å². The van der Waals surface area contributed by atoms with E-state index in [1.807, 2.05) is 12.1 Å². The van der Waals surface area contributed by atoms with Crippen molar-refractivity contribution in [2.24, 2.45) is 5.10 Å². The van der Waals surface area contributed by atoms with Crippen LogP contribution in [-0.2, 0) is 16.0 Å². The van der Waals surface area contributed by atoms with Crippen LogP contribution in [-0.4, -0.2) is 38.0 Å². The lowest BCUT2D eigenvalue weighted by atomic mass is 10.2. The molecule has 0 bridgehead atoms. The molecule has 0 radical (unpaired) electrons. The van der Waals surface area contributed by atoms with Crippen LogP contribution >= 0.6 is 11.3 Å². The molecule has 2 rings (SSSR count). The second kappa shape index (κ2) is 8.88. The molecule has 24 heavy (non-hydrogen) atoms. The first-order valence-corrected chi connectivity index (χ1v) is 8.09. The van der Waals surface area contributed by atoms with Crippen LogP contribution in [0, 0.1) is 0 Å². The summed E-state index contributed by atoms with van der Waals surface area (Å²) >= 11 is 1.35. The molecule has 2 aromatic rings. The molecule has 8 heteroatoms. The third-order valence-electron chi connectivity index (χ3n) is 2.96. The van der Waals surface area contributed by atoms with Crippen molar-refractivity contribution in [1.82, 2.24) is 4.98 Å². The molecular weight excluding hydrogens is 330 g/mol. The van der Waals surface area contributed by atoms with E-state index in [9.17, 15) is 4.79 Å². The minimum Gasteiger partial charge on any atom is -0.493 e. The van der Waals surface area contributed by atoms with Gasteiger partial charge in [0.1, 0.15) is 0 Å². The predicted molar refractivity (Wildman–Crippen MR) is 93.2 cm³/mol. The standard InChI is InChI=1S/C16H19N3O4S/c1-4-23-15(20)8-12-10-17-16(24-12)19-18-9-11-5-6-13(21-2)14(7-11)22-3/h5-7,9-10H,4,8H2,1-3H3,(H,17,19)/b18-9+. The summed E-state index contributed by atoms with van der Waals surface area (Å²) in [4.78, 5) is 16.4. The smallest absolute Gasteiger partial charge is 0.311 e. The number of benzene rings is 1. The molecule has 7 nitrogen and oxygen atoms in total. The van der Waals surface area contributed by atoms with Crippen molar-refractivity contribution in [3.8, 4) is 11.5 Å². The molecule has 1 aromatic heterocycles. The Bertz CT molecular complexity index is 715. The fraction of sp³-hybridized carbons (Fsp3) is 0.312. The Morgan fingerprint density at radius 1 is 1.33 bits per heavy atom. The van der Waals surface area contributed by atoms with Gasteiger partial charge < -0.3 is 14.2 Å².